The summed E-state index contributed by atoms with van der Waals surface area (Å²) in [6.07, 6.45) is 13.3. The van der Waals surface area contributed by atoms with Crippen LogP contribution in [0.2, 0.25) is 0 Å². The Kier molecular flexibility index (Phi) is 6.79. The molecular formula is C35H36N10. The molecule has 1 aliphatic heterocycles. The molecule has 0 bridgehead atoms. The minimum Gasteiger partial charge on any atom is -0.383 e. The molecule has 3 N–H and O–H groups in total. The van der Waals surface area contributed by atoms with E-state index < -0.39 is 0 Å². The number of nitrogens with two attached hydrogens (primary N) is 1. The van der Waals surface area contributed by atoms with Crippen molar-refractivity contribution in [3.05, 3.63) is 103 Å². The molecule has 10 nitrogen and oxygen atoms in total. The van der Waals surface area contributed by atoms with Gasteiger partial charge in [0.25, 0.3) is 0 Å². The van der Waals surface area contributed by atoms with Crippen LogP contribution in [0.1, 0.15) is 30.4 Å². The number of nitrogen functional groups attached to an aromatic ring is 1. The first kappa shape index (κ1) is 27.5. The van der Waals surface area contributed by atoms with Gasteiger partial charge in [-0.1, -0.05) is 12.1 Å². The molecule has 226 valence electrons. The van der Waals surface area contributed by atoms with E-state index in [1.54, 1.807) is 17.1 Å². The molecule has 1 aromatic carbocycles. The van der Waals surface area contributed by atoms with Crippen LogP contribution >= 0.6 is 0 Å². The summed E-state index contributed by atoms with van der Waals surface area (Å²) in [6.45, 7) is 2.39. The molecule has 1 saturated heterocycles. The number of aryl methyl sites for hydroxylation is 2. The fraction of sp³-hybridized carbons (Fsp3) is 0.286. The molecule has 0 amide bonds. The Hall–Kier alpha value is -5.09. The average molecular weight is 597 g/mol. The van der Waals surface area contributed by atoms with E-state index in [-0.39, 0.29) is 0 Å². The minimum absolute atomic E-state index is 0.447. The van der Waals surface area contributed by atoms with Crippen LogP contribution in [0.15, 0.2) is 91.5 Å². The van der Waals surface area contributed by atoms with Crippen LogP contribution in [0, 0.1) is 5.41 Å². The molecule has 6 heterocycles. The highest BCUT2D eigenvalue weighted by molar-refractivity contribution is 5.83. The summed E-state index contributed by atoms with van der Waals surface area (Å²) < 4.78 is 3.83. The molecule has 2 aliphatic carbocycles. The van der Waals surface area contributed by atoms with Gasteiger partial charge in [-0.3, -0.25) is 4.57 Å². The van der Waals surface area contributed by atoms with Crippen molar-refractivity contribution < 1.29 is 0 Å². The van der Waals surface area contributed by atoms with Crippen molar-refractivity contribution in [2.75, 3.05) is 30.8 Å². The molecule has 5 aromatic heterocycles. The number of anilines is 2. The largest absolute Gasteiger partial charge is 0.383 e. The van der Waals surface area contributed by atoms with Crippen LogP contribution < -0.4 is 16.0 Å². The lowest BCUT2D eigenvalue weighted by atomic mass is 9.60. The third kappa shape index (κ3) is 5.01. The van der Waals surface area contributed by atoms with Gasteiger partial charge >= 0.3 is 0 Å². The Labute approximate surface area is 262 Å². The molecule has 45 heavy (non-hydrogen) atoms. The second-order valence-electron chi connectivity index (χ2n) is 12.4. The van der Waals surface area contributed by atoms with Gasteiger partial charge < -0.3 is 16.0 Å². The number of fused-ring (bicyclic) bond motifs is 2. The van der Waals surface area contributed by atoms with E-state index in [1.807, 2.05) is 48.8 Å². The normalized spacial score (nSPS) is 16.6. The third-order valence-corrected chi connectivity index (χ3v) is 9.44. The predicted molar refractivity (Wildman–Crippen MR) is 177 cm³/mol. The van der Waals surface area contributed by atoms with Crippen LogP contribution in [0.5, 0.6) is 0 Å². The summed E-state index contributed by atoms with van der Waals surface area (Å²) >= 11 is 0. The number of benzene rings is 1. The van der Waals surface area contributed by atoms with E-state index in [0.29, 0.717) is 11.2 Å². The lowest BCUT2D eigenvalue weighted by Crippen LogP contribution is -2.66. The first-order chi connectivity index (χ1) is 22.1. The highest BCUT2D eigenvalue weighted by Gasteiger charge is 2.52. The first-order valence-electron chi connectivity index (χ1n) is 15.6. The predicted octanol–water partition coefficient (Wildman–Crippen LogP) is 5.01. The number of aromatic nitrogens is 7. The second kappa shape index (κ2) is 11.1. The van der Waals surface area contributed by atoms with Crippen molar-refractivity contribution >= 4 is 22.8 Å². The number of pyridine rings is 3. The van der Waals surface area contributed by atoms with Crippen molar-refractivity contribution in [1.29, 1.82) is 0 Å². The number of rotatable bonds is 5. The summed E-state index contributed by atoms with van der Waals surface area (Å²) in [6, 6.07) is 23.1. The minimum atomic E-state index is 0.447. The van der Waals surface area contributed by atoms with Crippen LogP contribution in [-0.4, -0.2) is 60.5 Å². The molecule has 1 spiro atoms. The second-order valence-corrected chi connectivity index (χ2v) is 12.4. The Morgan fingerprint density at radius 1 is 0.844 bits per heavy atom. The maximum atomic E-state index is 6.22. The zero-order chi connectivity index (χ0) is 30.4. The first-order valence-corrected chi connectivity index (χ1v) is 15.6. The summed E-state index contributed by atoms with van der Waals surface area (Å²) in [4.78, 5) is 20.8. The van der Waals surface area contributed by atoms with Crippen LogP contribution in [0.4, 0.5) is 11.6 Å². The van der Waals surface area contributed by atoms with Crippen molar-refractivity contribution in [3.63, 3.8) is 0 Å². The number of hydrogen-bond acceptors (Lipinski definition) is 8. The third-order valence-electron chi connectivity index (χ3n) is 9.44. The lowest BCUT2D eigenvalue weighted by molar-refractivity contribution is 0.0516. The topological polar surface area (TPSA) is 116 Å². The lowest BCUT2D eigenvalue weighted by Gasteiger charge is -2.59. The van der Waals surface area contributed by atoms with E-state index in [9.17, 15) is 0 Å². The van der Waals surface area contributed by atoms with Gasteiger partial charge in [0, 0.05) is 55.0 Å². The zero-order valence-corrected chi connectivity index (χ0v) is 25.3. The van der Waals surface area contributed by atoms with E-state index >= 15 is 0 Å². The van der Waals surface area contributed by atoms with Gasteiger partial charge in [-0.25, -0.2) is 24.6 Å². The molecule has 9 rings (SSSR count). The molecule has 0 radical (unpaired) electrons. The molecule has 10 heteroatoms. The molecule has 6 aromatic rings. The fourth-order valence-electron chi connectivity index (χ4n) is 7.12. The number of nitrogens with one attached hydrogen (secondary N) is 1. The average Bonchev–Trinajstić information content (AvgIpc) is 3.81. The van der Waals surface area contributed by atoms with Gasteiger partial charge in [0.05, 0.1) is 5.56 Å². The summed E-state index contributed by atoms with van der Waals surface area (Å²) in [5.74, 6) is 3.05. The fourth-order valence-corrected chi connectivity index (χ4v) is 7.12. The van der Waals surface area contributed by atoms with Gasteiger partial charge in [-0.2, -0.15) is 5.10 Å². The Balaban J connectivity index is 0.000000168. The van der Waals surface area contributed by atoms with Crippen molar-refractivity contribution in [3.8, 4) is 22.9 Å². The van der Waals surface area contributed by atoms with Crippen molar-refractivity contribution in [2.24, 2.45) is 5.41 Å². The van der Waals surface area contributed by atoms with E-state index in [4.69, 9.17) is 15.7 Å². The van der Waals surface area contributed by atoms with Crippen LogP contribution in [-0.2, 0) is 12.8 Å². The molecule has 2 fully saturated rings. The Morgan fingerprint density at radius 3 is 2.49 bits per heavy atom. The van der Waals surface area contributed by atoms with Crippen LogP contribution in [0.3, 0.4) is 0 Å². The van der Waals surface area contributed by atoms with E-state index in [2.05, 4.69) is 67.2 Å². The number of imidazole rings is 1. The SMILES string of the molecule is CNC1CC2(C1)CN(c1ccccn1)C2.Nc1ncccc1-c1nc2ccc(-n3cccn3)nc2n1-c1ccc2c(c1)CCC2. The molecule has 0 atom stereocenters. The smallest absolute Gasteiger partial charge is 0.167 e. The van der Waals surface area contributed by atoms with E-state index in [1.165, 1.54) is 43.5 Å². The molecule has 0 unspecified atom stereocenters. The molecular weight excluding hydrogens is 560 g/mol. The monoisotopic (exact) mass is 596 g/mol. The summed E-state index contributed by atoms with van der Waals surface area (Å²) in [5.41, 5.74) is 13.0. The van der Waals surface area contributed by atoms with E-state index in [0.717, 1.165) is 58.8 Å². The highest BCUT2D eigenvalue weighted by atomic mass is 15.3. The van der Waals surface area contributed by atoms with Gasteiger partial charge in [-0.15, -0.1) is 0 Å². The van der Waals surface area contributed by atoms with Gasteiger partial charge in [0.1, 0.15) is 17.2 Å². The number of nitrogens with zero attached hydrogens (tertiary/aromatic N) is 8. The zero-order valence-electron chi connectivity index (χ0n) is 25.3. The van der Waals surface area contributed by atoms with Gasteiger partial charge in [-0.05, 0) is 105 Å². The van der Waals surface area contributed by atoms with Crippen molar-refractivity contribution in [1.82, 2.24) is 39.6 Å². The number of hydrogen-bond donors (Lipinski definition) is 2. The summed E-state index contributed by atoms with van der Waals surface area (Å²) in [7, 11) is 2.06. The maximum Gasteiger partial charge on any atom is 0.167 e. The summed E-state index contributed by atoms with van der Waals surface area (Å²) in [5, 5.41) is 7.66. The van der Waals surface area contributed by atoms with Gasteiger partial charge in [0.2, 0.25) is 0 Å². The van der Waals surface area contributed by atoms with Gasteiger partial charge in [0.15, 0.2) is 17.3 Å². The maximum absolute atomic E-state index is 6.22. The highest BCUT2D eigenvalue weighted by Crippen LogP contribution is 2.49. The molecule has 3 aliphatic rings. The molecule has 1 saturated carbocycles. The van der Waals surface area contributed by atoms with Crippen molar-refractivity contribution in [2.45, 2.75) is 38.1 Å². The Bertz CT molecular complexity index is 1950. The Morgan fingerprint density at radius 2 is 1.71 bits per heavy atom. The quantitative estimate of drug-likeness (QED) is 0.286. The standard InChI is InChI=1S/C23H19N7.C12H17N3/c24-21-18(6-2-11-25-21)22-27-19-9-10-20(29-13-3-12-26-29)28-23(19)30(22)17-8-7-15-4-1-5-16(15)14-17;1-13-10-6-12(7-10)8-15(9-12)11-4-2-3-5-14-11/h2-3,6-14H,1,4-5H2,(H2,24,25);2-5,10,13H,6-9H2,1H3. The van der Waals surface area contributed by atoms with Crippen LogP contribution in [0.25, 0.3) is 34.1 Å².